The molecule has 1 saturated carbocycles. The minimum Gasteiger partial charge on any atom is -0.464 e. The van der Waals surface area contributed by atoms with Crippen LogP contribution in [0.5, 0.6) is 0 Å². The number of hydrogen-bond donors (Lipinski definition) is 2. The number of carbonyl (C=O) groups is 5. The molecule has 2 amide bonds. The first kappa shape index (κ1) is 24.4. The molecule has 1 aliphatic rings. The van der Waals surface area contributed by atoms with Crippen LogP contribution in [0.15, 0.2) is 0 Å². The molecule has 0 aromatic heterocycles. The van der Waals surface area contributed by atoms with E-state index >= 15 is 0 Å². The van der Waals surface area contributed by atoms with Gasteiger partial charge in [0.1, 0.15) is 11.4 Å². The van der Waals surface area contributed by atoms with Gasteiger partial charge in [0.25, 0.3) is 0 Å². The van der Waals surface area contributed by atoms with Crippen LogP contribution in [0.25, 0.3) is 0 Å². The summed E-state index contributed by atoms with van der Waals surface area (Å²) in [7, 11) is 0. The van der Waals surface area contributed by atoms with Crippen LogP contribution in [-0.2, 0) is 33.4 Å². The second-order valence-electron chi connectivity index (χ2n) is 7.74. The van der Waals surface area contributed by atoms with Crippen molar-refractivity contribution in [2.75, 3.05) is 13.2 Å². The zero-order valence-corrected chi connectivity index (χ0v) is 17.7. The average Bonchev–Trinajstić information content (AvgIpc) is 2.91. The lowest BCUT2D eigenvalue weighted by Crippen LogP contribution is -2.68. The third-order valence-electron chi connectivity index (χ3n) is 4.21. The zero-order chi connectivity index (χ0) is 22.4. The van der Waals surface area contributed by atoms with E-state index in [0.717, 1.165) is 6.92 Å². The smallest absolute Gasteiger partial charge is 0.407 e. The van der Waals surface area contributed by atoms with E-state index in [1.807, 2.05) is 0 Å². The molecule has 1 aliphatic carbocycles. The van der Waals surface area contributed by atoms with Crippen molar-refractivity contribution in [3.63, 3.8) is 0 Å². The molecule has 10 nitrogen and oxygen atoms in total. The summed E-state index contributed by atoms with van der Waals surface area (Å²) in [5.41, 5.74) is -3.07. The first-order valence-electron chi connectivity index (χ1n) is 9.51. The fourth-order valence-electron chi connectivity index (χ4n) is 3.27. The maximum absolute atomic E-state index is 12.9. The molecular formula is C19H30N2O8. The van der Waals surface area contributed by atoms with Crippen LogP contribution in [0.1, 0.15) is 54.4 Å². The maximum Gasteiger partial charge on any atom is 0.407 e. The van der Waals surface area contributed by atoms with Crippen molar-refractivity contribution in [1.82, 2.24) is 10.6 Å². The van der Waals surface area contributed by atoms with Gasteiger partial charge in [-0.15, -0.1) is 0 Å². The molecule has 0 bridgehead atoms. The van der Waals surface area contributed by atoms with E-state index in [2.05, 4.69) is 10.6 Å². The van der Waals surface area contributed by atoms with Crippen LogP contribution in [-0.4, -0.2) is 60.1 Å². The molecule has 2 N–H and O–H groups in total. The van der Waals surface area contributed by atoms with Gasteiger partial charge in [0, 0.05) is 31.7 Å². The van der Waals surface area contributed by atoms with Crippen LogP contribution in [0.4, 0.5) is 4.79 Å². The summed E-state index contributed by atoms with van der Waals surface area (Å²) >= 11 is 0. The summed E-state index contributed by atoms with van der Waals surface area (Å²) in [6.45, 7) is 9.08. The molecule has 164 valence electrons. The lowest BCUT2D eigenvalue weighted by molar-refractivity contribution is -0.172. The lowest BCUT2D eigenvalue weighted by Gasteiger charge is -2.37. The molecule has 0 radical (unpaired) electrons. The molecule has 0 heterocycles. The number of Topliss-reactive ketones (excluding diaryl/α,β-unsaturated/α-hetero) is 1. The van der Waals surface area contributed by atoms with Gasteiger partial charge >= 0.3 is 18.0 Å². The summed E-state index contributed by atoms with van der Waals surface area (Å²) in [4.78, 5) is 62.1. The number of ketones is 1. The van der Waals surface area contributed by atoms with E-state index in [4.69, 9.17) is 14.2 Å². The monoisotopic (exact) mass is 414 g/mol. The summed E-state index contributed by atoms with van der Waals surface area (Å²) in [6, 6.07) is -0.946. The van der Waals surface area contributed by atoms with E-state index in [1.165, 1.54) is 13.8 Å². The van der Waals surface area contributed by atoms with Crippen molar-refractivity contribution in [3.05, 3.63) is 0 Å². The van der Waals surface area contributed by atoms with Crippen LogP contribution < -0.4 is 10.6 Å². The molecule has 0 spiro atoms. The Balaban J connectivity index is 3.39. The van der Waals surface area contributed by atoms with Crippen LogP contribution in [0.3, 0.4) is 0 Å². The Bertz CT molecular complexity index is 650. The van der Waals surface area contributed by atoms with Gasteiger partial charge in [-0.2, -0.15) is 0 Å². The molecule has 1 fully saturated rings. The van der Waals surface area contributed by atoms with Crippen molar-refractivity contribution in [2.45, 2.75) is 71.6 Å². The highest BCUT2D eigenvalue weighted by atomic mass is 16.6. The number of rotatable bonds is 7. The fourth-order valence-corrected chi connectivity index (χ4v) is 3.27. The van der Waals surface area contributed by atoms with Crippen molar-refractivity contribution in [3.8, 4) is 0 Å². The third kappa shape index (κ3) is 6.16. The summed E-state index contributed by atoms with van der Waals surface area (Å²) in [6.07, 6.45) is -1.19. The quantitative estimate of drug-likeness (QED) is 0.355. The van der Waals surface area contributed by atoms with E-state index in [-0.39, 0.29) is 31.8 Å². The fraction of sp³-hybridized carbons (Fsp3) is 0.737. The van der Waals surface area contributed by atoms with Crippen molar-refractivity contribution in [2.24, 2.45) is 5.92 Å². The highest BCUT2D eigenvalue weighted by molar-refractivity contribution is 6.09. The molecule has 0 saturated heterocycles. The first-order valence-corrected chi connectivity index (χ1v) is 9.51. The minimum absolute atomic E-state index is 0.0651. The number of carbonyl (C=O) groups excluding carboxylic acids is 5. The third-order valence-corrected chi connectivity index (χ3v) is 4.21. The van der Waals surface area contributed by atoms with Crippen LogP contribution >= 0.6 is 0 Å². The van der Waals surface area contributed by atoms with Gasteiger partial charge < -0.3 is 24.8 Å². The van der Waals surface area contributed by atoms with Gasteiger partial charge in [-0.25, -0.2) is 14.4 Å². The Kier molecular flexibility index (Phi) is 8.16. The van der Waals surface area contributed by atoms with E-state index < -0.39 is 47.0 Å². The molecule has 2 unspecified atom stereocenters. The van der Waals surface area contributed by atoms with Crippen LogP contribution in [0.2, 0.25) is 0 Å². The Morgan fingerprint density at radius 2 is 1.52 bits per heavy atom. The average molecular weight is 414 g/mol. The Morgan fingerprint density at radius 1 is 1.00 bits per heavy atom. The van der Waals surface area contributed by atoms with Gasteiger partial charge in [-0.3, -0.25) is 9.59 Å². The number of nitrogens with one attached hydrogen (secondary N) is 2. The first-order chi connectivity index (χ1) is 13.4. The zero-order valence-electron chi connectivity index (χ0n) is 17.7. The van der Waals surface area contributed by atoms with Gasteiger partial charge in [0.15, 0.2) is 0 Å². The van der Waals surface area contributed by atoms with Gasteiger partial charge in [-0.1, -0.05) is 0 Å². The minimum atomic E-state index is -2.27. The molecule has 0 aromatic rings. The largest absolute Gasteiger partial charge is 0.464 e. The molecular weight excluding hydrogens is 384 g/mol. The maximum atomic E-state index is 12.9. The van der Waals surface area contributed by atoms with Crippen molar-refractivity contribution in [1.29, 1.82) is 0 Å². The summed E-state index contributed by atoms with van der Waals surface area (Å²) < 4.78 is 15.3. The summed E-state index contributed by atoms with van der Waals surface area (Å²) in [5.74, 6) is -4.20. The number of amides is 2. The SMILES string of the molecule is CCOC(=O)C(NC(C)=O)(C(=O)OCC)C1CC(=O)CC1NC(=O)OC(C)(C)C. The topological polar surface area (TPSA) is 137 Å². The number of ether oxygens (including phenoxy) is 3. The molecule has 29 heavy (non-hydrogen) atoms. The van der Waals surface area contributed by atoms with E-state index in [0.29, 0.717) is 0 Å². The van der Waals surface area contributed by atoms with E-state index in [1.54, 1.807) is 20.8 Å². The Hall–Kier alpha value is -2.65. The predicted octanol–water partition coefficient (Wildman–Crippen LogP) is 0.860. The Morgan fingerprint density at radius 3 is 1.93 bits per heavy atom. The standard InChI is InChI=1S/C19H30N2O8/c1-7-27-15(24)19(21-11(3)22,16(25)28-8-2)13-9-12(23)10-14(13)20-17(26)29-18(4,5)6/h13-14H,7-10H2,1-6H3,(H,20,26)(H,21,22). The molecule has 10 heteroatoms. The van der Waals surface area contributed by atoms with Gasteiger partial charge in [0.05, 0.1) is 13.2 Å². The second-order valence-corrected chi connectivity index (χ2v) is 7.74. The lowest BCUT2D eigenvalue weighted by atomic mass is 9.79. The number of esters is 2. The van der Waals surface area contributed by atoms with Crippen molar-refractivity contribution < 1.29 is 38.2 Å². The number of alkyl carbamates (subject to hydrolysis) is 1. The molecule has 0 aromatic carbocycles. The highest BCUT2D eigenvalue weighted by Crippen LogP contribution is 2.35. The van der Waals surface area contributed by atoms with Crippen LogP contribution in [0, 0.1) is 5.92 Å². The highest BCUT2D eigenvalue weighted by Gasteiger charge is 2.61. The summed E-state index contributed by atoms with van der Waals surface area (Å²) in [5, 5.41) is 4.88. The normalized spacial score (nSPS) is 19.3. The van der Waals surface area contributed by atoms with E-state index in [9.17, 15) is 24.0 Å². The number of hydrogen-bond acceptors (Lipinski definition) is 8. The predicted molar refractivity (Wildman–Crippen MR) is 101 cm³/mol. The molecule has 2 atom stereocenters. The Labute approximate surface area is 170 Å². The van der Waals surface area contributed by atoms with Gasteiger partial charge in [-0.05, 0) is 34.6 Å². The van der Waals surface area contributed by atoms with Gasteiger partial charge in [0.2, 0.25) is 11.4 Å². The molecule has 0 aliphatic heterocycles. The van der Waals surface area contributed by atoms with Crippen molar-refractivity contribution >= 4 is 29.7 Å². The molecule has 1 rings (SSSR count). The second kappa shape index (κ2) is 9.71.